The van der Waals surface area contributed by atoms with Gasteiger partial charge in [-0.15, -0.1) is 0 Å². The first-order valence-corrected chi connectivity index (χ1v) is 9.00. The van der Waals surface area contributed by atoms with Crippen molar-refractivity contribution in [2.24, 2.45) is 0 Å². The first-order chi connectivity index (χ1) is 10.2. The number of hydrogen-bond donors (Lipinski definition) is 0. The Morgan fingerprint density at radius 2 is 1.62 bits per heavy atom. The third kappa shape index (κ3) is 4.45. The Morgan fingerprint density at radius 3 is 2.19 bits per heavy atom. The number of benzene rings is 2. The summed E-state index contributed by atoms with van der Waals surface area (Å²) in [4.78, 5) is 12.3. The molecule has 0 bridgehead atoms. The summed E-state index contributed by atoms with van der Waals surface area (Å²) < 4.78 is 6.52. The zero-order valence-corrected chi connectivity index (χ0v) is 14.1. The fraction of sp³-hybridized carbons (Fsp3) is 0.278. The fourth-order valence-electron chi connectivity index (χ4n) is 2.16. The third-order valence-electron chi connectivity index (χ3n) is 3.30. The topological polar surface area (TPSA) is 26.3 Å². The van der Waals surface area contributed by atoms with Crippen LogP contribution >= 0.6 is 0 Å². The third-order valence-corrected chi connectivity index (χ3v) is 6.24. The molecule has 0 spiro atoms. The Morgan fingerprint density at radius 1 is 1.05 bits per heavy atom. The molecule has 2 aromatic rings. The molecule has 2 aromatic carbocycles. The summed E-state index contributed by atoms with van der Waals surface area (Å²) in [6.45, 7) is 4.40. The van der Waals surface area contributed by atoms with E-state index in [4.69, 9.17) is 4.74 Å². The van der Waals surface area contributed by atoms with Gasteiger partial charge in [0.2, 0.25) is 0 Å². The van der Waals surface area contributed by atoms with Gasteiger partial charge in [0, 0.05) is 0 Å². The van der Waals surface area contributed by atoms with Crippen LogP contribution in [-0.4, -0.2) is 27.5 Å². The van der Waals surface area contributed by atoms with Crippen molar-refractivity contribution in [1.82, 2.24) is 0 Å². The van der Waals surface area contributed by atoms with Gasteiger partial charge in [-0.1, -0.05) is 0 Å². The Labute approximate surface area is 132 Å². The summed E-state index contributed by atoms with van der Waals surface area (Å²) >= 11 is 0.0583. The van der Waals surface area contributed by atoms with E-state index in [1.165, 1.54) is 10.0 Å². The van der Waals surface area contributed by atoms with Crippen molar-refractivity contribution in [2.75, 3.05) is 6.61 Å². The Hall–Kier alpha value is -1.57. The van der Waals surface area contributed by atoms with Crippen molar-refractivity contribution in [3.05, 3.63) is 66.2 Å². The van der Waals surface area contributed by atoms with Crippen LogP contribution in [0.25, 0.3) is 0 Å². The summed E-state index contributed by atoms with van der Waals surface area (Å²) in [5.41, 5.74) is 1.19. The molecule has 2 atom stereocenters. The molecule has 0 heterocycles. The van der Waals surface area contributed by atoms with Crippen LogP contribution in [0.1, 0.15) is 25.3 Å². The Kier molecular flexibility index (Phi) is 6.03. The second kappa shape index (κ2) is 8.02. The molecule has 0 aliphatic rings. The van der Waals surface area contributed by atoms with Crippen molar-refractivity contribution >= 4 is 25.4 Å². The van der Waals surface area contributed by atoms with Gasteiger partial charge in [0.05, 0.1) is 0 Å². The molecule has 110 valence electrons. The van der Waals surface area contributed by atoms with E-state index in [1.54, 1.807) is 0 Å². The van der Waals surface area contributed by atoms with Crippen LogP contribution in [-0.2, 0) is 9.53 Å². The molecule has 0 saturated carbocycles. The van der Waals surface area contributed by atoms with E-state index in [1.807, 2.05) is 43.3 Å². The molecular formula is C18H20O2Se. The number of esters is 1. The number of rotatable bonds is 6. The minimum absolute atomic E-state index is 0.0583. The van der Waals surface area contributed by atoms with E-state index in [-0.39, 0.29) is 31.7 Å². The van der Waals surface area contributed by atoms with E-state index in [0.717, 1.165) is 0 Å². The predicted molar refractivity (Wildman–Crippen MR) is 87.1 cm³/mol. The van der Waals surface area contributed by atoms with E-state index < -0.39 is 0 Å². The number of carbonyl (C=O) groups is 1. The fourth-order valence-corrected chi connectivity index (χ4v) is 4.53. The zero-order chi connectivity index (χ0) is 15.1. The minimum atomic E-state index is -0.0951. The van der Waals surface area contributed by atoms with Gasteiger partial charge >= 0.3 is 132 Å². The SMILES string of the molecule is CCOC(=O)C([Se]c1ccccc1)[C@@H](C)c1ccccc1. The average molecular weight is 347 g/mol. The van der Waals surface area contributed by atoms with Gasteiger partial charge < -0.3 is 0 Å². The summed E-state index contributed by atoms with van der Waals surface area (Å²) in [5.74, 6) is 0.0724. The van der Waals surface area contributed by atoms with Gasteiger partial charge in [-0.3, -0.25) is 0 Å². The van der Waals surface area contributed by atoms with Gasteiger partial charge in [-0.25, -0.2) is 0 Å². The van der Waals surface area contributed by atoms with Crippen LogP contribution in [0.4, 0.5) is 0 Å². The summed E-state index contributed by atoms with van der Waals surface area (Å²) in [5, 5.41) is 0. The van der Waals surface area contributed by atoms with Crippen LogP contribution in [0.5, 0.6) is 0 Å². The molecule has 0 aliphatic carbocycles. The standard InChI is InChI=1S/C18H20O2Se/c1-3-20-18(19)17(21-16-12-8-5-9-13-16)14(2)15-10-6-4-7-11-15/h4-14,17H,3H2,1-2H3/t14-,17?/m0/s1. The number of hydrogen-bond acceptors (Lipinski definition) is 2. The van der Waals surface area contributed by atoms with Gasteiger partial charge in [-0.2, -0.15) is 0 Å². The quantitative estimate of drug-likeness (QED) is 0.593. The summed E-state index contributed by atoms with van der Waals surface area (Å²) in [7, 11) is 0. The second-order valence-electron chi connectivity index (χ2n) is 4.80. The van der Waals surface area contributed by atoms with Gasteiger partial charge in [-0.05, 0) is 0 Å². The first kappa shape index (κ1) is 15.8. The van der Waals surface area contributed by atoms with Crippen molar-refractivity contribution in [3.8, 4) is 0 Å². The number of ether oxygens (including phenoxy) is 1. The van der Waals surface area contributed by atoms with E-state index in [2.05, 4.69) is 31.2 Å². The molecule has 0 saturated heterocycles. The molecule has 2 rings (SSSR count). The molecule has 21 heavy (non-hydrogen) atoms. The molecule has 3 heteroatoms. The van der Waals surface area contributed by atoms with Crippen LogP contribution in [0.15, 0.2) is 60.7 Å². The van der Waals surface area contributed by atoms with Crippen molar-refractivity contribution in [1.29, 1.82) is 0 Å². The van der Waals surface area contributed by atoms with Crippen molar-refractivity contribution in [3.63, 3.8) is 0 Å². The van der Waals surface area contributed by atoms with Gasteiger partial charge in [0.1, 0.15) is 0 Å². The number of carbonyl (C=O) groups excluding carboxylic acids is 1. The molecule has 1 unspecified atom stereocenters. The first-order valence-electron chi connectivity index (χ1n) is 7.15. The predicted octanol–water partition coefficient (Wildman–Crippen LogP) is 3.17. The van der Waals surface area contributed by atoms with E-state index >= 15 is 0 Å². The van der Waals surface area contributed by atoms with Gasteiger partial charge in [0.15, 0.2) is 0 Å². The van der Waals surface area contributed by atoms with Crippen LogP contribution < -0.4 is 4.46 Å². The summed E-state index contributed by atoms with van der Waals surface area (Å²) in [6.07, 6.45) is 0. The van der Waals surface area contributed by atoms with Gasteiger partial charge in [0.25, 0.3) is 0 Å². The Balaban J connectivity index is 2.21. The second-order valence-corrected chi connectivity index (χ2v) is 7.35. The molecule has 0 N–H and O–H groups in total. The molecule has 0 aromatic heterocycles. The molecule has 0 aliphatic heterocycles. The van der Waals surface area contributed by atoms with Crippen molar-refractivity contribution in [2.45, 2.75) is 24.6 Å². The molecule has 0 radical (unpaired) electrons. The maximum atomic E-state index is 12.4. The molecule has 2 nitrogen and oxygen atoms in total. The average Bonchev–Trinajstić information content (AvgIpc) is 2.54. The summed E-state index contributed by atoms with van der Waals surface area (Å²) in [6, 6.07) is 20.4. The van der Waals surface area contributed by atoms with E-state index in [9.17, 15) is 4.79 Å². The maximum absolute atomic E-state index is 12.4. The van der Waals surface area contributed by atoms with Crippen LogP contribution in [0.2, 0.25) is 4.82 Å². The molecular weight excluding hydrogens is 327 g/mol. The van der Waals surface area contributed by atoms with Crippen LogP contribution in [0, 0.1) is 0 Å². The van der Waals surface area contributed by atoms with Crippen molar-refractivity contribution < 1.29 is 9.53 Å². The zero-order valence-electron chi connectivity index (χ0n) is 12.4. The monoisotopic (exact) mass is 348 g/mol. The normalized spacial score (nSPS) is 13.4. The molecule has 0 fully saturated rings. The molecule has 0 amide bonds. The van der Waals surface area contributed by atoms with Crippen LogP contribution in [0.3, 0.4) is 0 Å². The Bertz CT molecular complexity index is 554. The van der Waals surface area contributed by atoms with E-state index in [0.29, 0.717) is 6.61 Å².